The Morgan fingerprint density at radius 2 is 2.10 bits per heavy atom. The average molecular weight is 418 g/mol. The van der Waals surface area contributed by atoms with Crippen molar-refractivity contribution in [2.75, 3.05) is 13.2 Å². The third kappa shape index (κ3) is 1.94. The van der Waals surface area contributed by atoms with Gasteiger partial charge in [-0.1, -0.05) is 13.3 Å². The first-order chi connectivity index (χ1) is 14.3. The highest BCUT2D eigenvalue weighted by molar-refractivity contribution is 5.81. The summed E-state index contributed by atoms with van der Waals surface area (Å²) in [6.45, 7) is 3.87. The second-order valence-electron chi connectivity index (χ2n) is 9.71. The summed E-state index contributed by atoms with van der Waals surface area (Å²) in [5.74, 6) is -3.38. The number of carbonyl (C=O) groups excluding carboxylic acids is 2. The fourth-order valence-corrected chi connectivity index (χ4v) is 7.36. The SMILES string of the molecule is CC(=O)O[C@@H]1[C@]2(O)OC[C@]13[C@H](CCC[C@]31CO1)[C@]1(C[C@@H](c3ccoc3)OC1=O)[C@@H]2C. The van der Waals surface area contributed by atoms with Crippen LogP contribution in [-0.4, -0.2) is 47.8 Å². The first-order valence-electron chi connectivity index (χ1n) is 10.7. The van der Waals surface area contributed by atoms with Crippen molar-refractivity contribution in [3.63, 3.8) is 0 Å². The molecule has 8 nitrogen and oxygen atoms in total. The Kier molecular flexibility index (Phi) is 3.56. The highest BCUT2D eigenvalue weighted by Crippen LogP contribution is 2.75. The van der Waals surface area contributed by atoms with Crippen LogP contribution in [0.15, 0.2) is 23.0 Å². The number of esters is 2. The summed E-state index contributed by atoms with van der Waals surface area (Å²) in [6, 6.07) is 1.80. The topological polar surface area (TPSA) is 108 Å². The summed E-state index contributed by atoms with van der Waals surface area (Å²) < 4.78 is 28.9. The maximum atomic E-state index is 13.6. The summed E-state index contributed by atoms with van der Waals surface area (Å²) in [5, 5.41) is 11.8. The number of furan rings is 1. The molecule has 2 saturated carbocycles. The lowest BCUT2D eigenvalue weighted by atomic mass is 9.42. The molecule has 0 radical (unpaired) electrons. The van der Waals surface area contributed by atoms with Crippen molar-refractivity contribution in [1.29, 1.82) is 0 Å². The molecule has 1 N–H and O–H groups in total. The number of hydrogen-bond acceptors (Lipinski definition) is 8. The number of hydrogen-bond donors (Lipinski definition) is 1. The molecule has 0 unspecified atom stereocenters. The van der Waals surface area contributed by atoms with E-state index in [2.05, 4.69) is 0 Å². The van der Waals surface area contributed by atoms with Crippen LogP contribution in [0.25, 0.3) is 0 Å². The molecule has 0 amide bonds. The van der Waals surface area contributed by atoms with Crippen LogP contribution in [0.5, 0.6) is 0 Å². The Balaban J connectivity index is 1.52. The third-order valence-electron chi connectivity index (χ3n) is 8.79. The molecule has 30 heavy (non-hydrogen) atoms. The second kappa shape index (κ2) is 5.66. The molecule has 6 rings (SSSR count). The van der Waals surface area contributed by atoms with Crippen molar-refractivity contribution >= 4 is 11.9 Å². The van der Waals surface area contributed by atoms with E-state index < -0.39 is 46.3 Å². The van der Waals surface area contributed by atoms with Crippen molar-refractivity contribution in [3.8, 4) is 0 Å². The van der Waals surface area contributed by atoms with Crippen molar-refractivity contribution in [1.82, 2.24) is 0 Å². The molecule has 2 bridgehead atoms. The van der Waals surface area contributed by atoms with Gasteiger partial charge in [-0.2, -0.15) is 0 Å². The Bertz CT molecular complexity index is 906. The minimum atomic E-state index is -1.78. The minimum Gasteiger partial charge on any atom is -0.472 e. The number of cyclic esters (lactones) is 1. The molecule has 8 heteroatoms. The van der Waals surface area contributed by atoms with Gasteiger partial charge in [-0.3, -0.25) is 9.59 Å². The summed E-state index contributed by atoms with van der Waals surface area (Å²) in [6.07, 6.45) is 4.71. The summed E-state index contributed by atoms with van der Waals surface area (Å²) in [7, 11) is 0. The van der Waals surface area contributed by atoms with Gasteiger partial charge in [-0.15, -0.1) is 0 Å². The third-order valence-corrected chi connectivity index (χ3v) is 8.79. The molecule has 1 aromatic heterocycles. The number of aliphatic hydroxyl groups is 1. The van der Waals surface area contributed by atoms with E-state index in [0.29, 0.717) is 13.0 Å². The Hall–Kier alpha value is -1.90. The van der Waals surface area contributed by atoms with Crippen molar-refractivity contribution in [3.05, 3.63) is 24.2 Å². The number of ether oxygens (including phenoxy) is 4. The first kappa shape index (κ1) is 18.8. The smallest absolute Gasteiger partial charge is 0.313 e. The van der Waals surface area contributed by atoms with E-state index in [0.717, 1.165) is 24.8 Å². The van der Waals surface area contributed by atoms with E-state index in [-0.39, 0.29) is 18.5 Å². The number of rotatable bonds is 2. The lowest BCUT2D eigenvalue weighted by Crippen LogP contribution is -2.72. The maximum absolute atomic E-state index is 13.6. The van der Waals surface area contributed by atoms with E-state index in [1.165, 1.54) is 6.92 Å². The van der Waals surface area contributed by atoms with Crippen molar-refractivity contribution in [2.24, 2.45) is 22.7 Å². The van der Waals surface area contributed by atoms with Crippen LogP contribution in [0, 0.1) is 22.7 Å². The summed E-state index contributed by atoms with van der Waals surface area (Å²) >= 11 is 0. The van der Waals surface area contributed by atoms with Gasteiger partial charge in [-0.25, -0.2) is 0 Å². The van der Waals surface area contributed by atoms with Gasteiger partial charge in [0.05, 0.1) is 36.6 Å². The lowest BCUT2D eigenvalue weighted by molar-refractivity contribution is -0.301. The maximum Gasteiger partial charge on any atom is 0.313 e. The van der Waals surface area contributed by atoms with Crippen LogP contribution >= 0.6 is 0 Å². The minimum absolute atomic E-state index is 0.187. The normalized spacial score (nSPS) is 51.1. The zero-order valence-electron chi connectivity index (χ0n) is 17.1. The van der Waals surface area contributed by atoms with Crippen LogP contribution in [0.3, 0.4) is 0 Å². The fourth-order valence-electron chi connectivity index (χ4n) is 7.36. The van der Waals surface area contributed by atoms with E-state index in [1.807, 2.05) is 6.92 Å². The van der Waals surface area contributed by atoms with E-state index >= 15 is 0 Å². The molecule has 4 heterocycles. The van der Waals surface area contributed by atoms with Gasteiger partial charge in [0, 0.05) is 24.8 Å². The zero-order valence-corrected chi connectivity index (χ0v) is 17.1. The lowest BCUT2D eigenvalue weighted by Gasteiger charge is -2.60. The Labute approximate surface area is 173 Å². The van der Waals surface area contributed by atoms with Gasteiger partial charge < -0.3 is 28.5 Å². The second-order valence-corrected chi connectivity index (χ2v) is 9.71. The fraction of sp³-hybridized carbons (Fsp3) is 0.727. The number of carbonyl (C=O) groups is 2. The molecule has 3 aliphatic heterocycles. The molecule has 8 atom stereocenters. The van der Waals surface area contributed by atoms with Crippen LogP contribution in [0.4, 0.5) is 0 Å². The quantitative estimate of drug-likeness (QED) is 0.575. The van der Waals surface area contributed by atoms with Gasteiger partial charge in [0.15, 0.2) is 6.10 Å². The zero-order chi connectivity index (χ0) is 20.9. The molecular weight excluding hydrogens is 392 g/mol. The molecule has 1 aromatic rings. The highest BCUT2D eigenvalue weighted by Gasteiger charge is 2.86. The molecule has 3 spiro atoms. The summed E-state index contributed by atoms with van der Waals surface area (Å²) in [4.78, 5) is 25.6. The van der Waals surface area contributed by atoms with Gasteiger partial charge in [0.2, 0.25) is 5.79 Å². The monoisotopic (exact) mass is 418 g/mol. The highest BCUT2D eigenvalue weighted by atomic mass is 16.7. The molecule has 5 aliphatic rings. The van der Waals surface area contributed by atoms with E-state index in [4.69, 9.17) is 23.4 Å². The van der Waals surface area contributed by atoms with Crippen LogP contribution < -0.4 is 0 Å². The standard InChI is InChI=1S/C22H26O8/c1-12-20(8-15(30-18(20)24)14-5-7-26-9-14)16-4-3-6-19(10-27-19)21(16)11-28-22(12,25)17(21)29-13(2)23/h5,7,9,12,15-17,25H,3-4,6,8,10-11H2,1-2H3/t12-,15-,16+,17-,19-,20-,21-,22+/m0/s1. The molecule has 3 saturated heterocycles. The molecule has 162 valence electrons. The van der Waals surface area contributed by atoms with Gasteiger partial charge >= 0.3 is 11.9 Å². The number of epoxide rings is 1. The molecule has 0 aromatic carbocycles. The molecule has 2 aliphatic carbocycles. The van der Waals surface area contributed by atoms with Crippen LogP contribution in [0.2, 0.25) is 0 Å². The first-order valence-corrected chi connectivity index (χ1v) is 10.7. The van der Waals surface area contributed by atoms with Crippen molar-refractivity contribution in [2.45, 2.75) is 63.1 Å². The summed E-state index contributed by atoms with van der Waals surface area (Å²) in [5.41, 5.74) is -1.47. The predicted molar refractivity (Wildman–Crippen MR) is 98.7 cm³/mol. The number of fused-ring (bicyclic) bond motifs is 2. The van der Waals surface area contributed by atoms with Crippen LogP contribution in [0.1, 0.15) is 51.2 Å². The predicted octanol–water partition coefficient (Wildman–Crippen LogP) is 2.11. The Morgan fingerprint density at radius 3 is 2.77 bits per heavy atom. The van der Waals surface area contributed by atoms with E-state index in [1.54, 1.807) is 18.6 Å². The van der Waals surface area contributed by atoms with Gasteiger partial charge in [-0.05, 0) is 24.8 Å². The van der Waals surface area contributed by atoms with Crippen LogP contribution in [-0.2, 0) is 28.5 Å². The largest absolute Gasteiger partial charge is 0.472 e. The van der Waals surface area contributed by atoms with Crippen molar-refractivity contribution < 1.29 is 38.1 Å². The Morgan fingerprint density at radius 1 is 1.30 bits per heavy atom. The van der Waals surface area contributed by atoms with Gasteiger partial charge in [0.1, 0.15) is 11.7 Å². The van der Waals surface area contributed by atoms with Gasteiger partial charge in [0.25, 0.3) is 0 Å². The molecule has 5 fully saturated rings. The molecular formula is C22H26O8. The van der Waals surface area contributed by atoms with E-state index in [9.17, 15) is 14.7 Å². The average Bonchev–Trinajstić information content (AvgIpc) is 3.06.